The van der Waals surface area contributed by atoms with Gasteiger partial charge in [0.2, 0.25) is 0 Å². The number of nitrogens with one attached hydrogen (secondary N) is 1. The summed E-state index contributed by atoms with van der Waals surface area (Å²) < 4.78 is 1.99. The number of aromatic nitrogens is 1. The molecule has 1 aliphatic rings. The van der Waals surface area contributed by atoms with Crippen LogP contribution < -0.4 is 5.32 Å². The van der Waals surface area contributed by atoms with Crippen LogP contribution in [0.25, 0.3) is 10.9 Å². The highest BCUT2D eigenvalue weighted by Gasteiger charge is 2.19. The quantitative estimate of drug-likeness (QED) is 0.889. The lowest BCUT2D eigenvalue weighted by molar-refractivity contribution is 0.0920. The molecule has 0 bridgehead atoms. The van der Waals surface area contributed by atoms with Gasteiger partial charge in [0.15, 0.2) is 0 Å². The van der Waals surface area contributed by atoms with Gasteiger partial charge in [-0.2, -0.15) is 0 Å². The van der Waals surface area contributed by atoms with Gasteiger partial charge in [-0.25, -0.2) is 0 Å². The molecule has 20 heavy (non-hydrogen) atoms. The minimum absolute atomic E-state index is 0.0632. The fourth-order valence-corrected chi connectivity index (χ4v) is 3.19. The lowest BCUT2D eigenvalue weighted by Gasteiger charge is -2.22. The second kappa shape index (κ2) is 5.31. The van der Waals surface area contributed by atoms with Crippen LogP contribution in [0, 0.1) is 6.92 Å². The van der Waals surface area contributed by atoms with E-state index in [9.17, 15) is 4.79 Å². The van der Waals surface area contributed by atoms with Crippen molar-refractivity contribution in [1.29, 1.82) is 0 Å². The van der Waals surface area contributed by atoms with E-state index in [2.05, 4.69) is 30.4 Å². The highest BCUT2D eigenvalue weighted by atomic mass is 16.2. The first-order valence-corrected chi connectivity index (χ1v) is 7.52. The summed E-state index contributed by atoms with van der Waals surface area (Å²) >= 11 is 0. The van der Waals surface area contributed by atoms with Crippen molar-refractivity contribution < 1.29 is 4.79 Å². The number of carbonyl (C=O) groups is 1. The number of benzene rings is 1. The molecule has 1 saturated carbocycles. The molecule has 1 fully saturated rings. The van der Waals surface area contributed by atoms with Crippen LogP contribution >= 0.6 is 0 Å². The topological polar surface area (TPSA) is 34.0 Å². The standard InChI is InChI=1S/C17H22N2O/c1-12-8-9-15-13(10-12)11-16(19(15)2)17(20)18-14-6-4-3-5-7-14/h8-11,14H,3-7H2,1-2H3,(H,18,20). The number of aryl methyl sites for hydroxylation is 2. The monoisotopic (exact) mass is 270 g/mol. The molecule has 3 heteroatoms. The molecule has 1 N–H and O–H groups in total. The fourth-order valence-electron chi connectivity index (χ4n) is 3.19. The van der Waals surface area contributed by atoms with Crippen LogP contribution in [0.4, 0.5) is 0 Å². The number of rotatable bonds is 2. The van der Waals surface area contributed by atoms with Crippen LogP contribution in [0.2, 0.25) is 0 Å². The lowest BCUT2D eigenvalue weighted by Crippen LogP contribution is -2.36. The highest BCUT2D eigenvalue weighted by Crippen LogP contribution is 2.21. The Balaban J connectivity index is 1.85. The molecule has 1 aromatic carbocycles. The predicted molar refractivity (Wildman–Crippen MR) is 82.0 cm³/mol. The van der Waals surface area contributed by atoms with E-state index < -0.39 is 0 Å². The summed E-state index contributed by atoms with van der Waals surface area (Å²) in [5, 5.41) is 4.33. The van der Waals surface area contributed by atoms with E-state index in [-0.39, 0.29) is 5.91 Å². The van der Waals surface area contributed by atoms with Crippen LogP contribution in [0.5, 0.6) is 0 Å². The summed E-state index contributed by atoms with van der Waals surface area (Å²) in [5.41, 5.74) is 3.10. The number of amides is 1. The summed E-state index contributed by atoms with van der Waals surface area (Å²) in [7, 11) is 1.97. The SMILES string of the molecule is Cc1ccc2c(c1)cc(C(=O)NC1CCCCC1)n2C. The molecule has 0 saturated heterocycles. The summed E-state index contributed by atoms with van der Waals surface area (Å²) in [5.74, 6) is 0.0632. The summed E-state index contributed by atoms with van der Waals surface area (Å²) in [6.45, 7) is 2.08. The van der Waals surface area contributed by atoms with Gasteiger partial charge >= 0.3 is 0 Å². The third-order valence-electron chi connectivity index (χ3n) is 4.37. The molecular weight excluding hydrogens is 248 g/mol. The fraction of sp³-hybridized carbons (Fsp3) is 0.471. The van der Waals surface area contributed by atoms with Gasteiger partial charge in [-0.05, 0) is 38.0 Å². The zero-order valence-corrected chi connectivity index (χ0v) is 12.3. The molecule has 0 spiro atoms. The molecule has 0 radical (unpaired) electrons. The Bertz CT molecular complexity index is 636. The van der Waals surface area contributed by atoms with Crippen molar-refractivity contribution >= 4 is 16.8 Å². The summed E-state index contributed by atoms with van der Waals surface area (Å²) in [6, 6.07) is 8.66. The van der Waals surface area contributed by atoms with Crippen molar-refractivity contribution in [2.75, 3.05) is 0 Å². The zero-order valence-electron chi connectivity index (χ0n) is 12.3. The van der Waals surface area contributed by atoms with Crippen LogP contribution in [-0.4, -0.2) is 16.5 Å². The van der Waals surface area contributed by atoms with E-state index in [4.69, 9.17) is 0 Å². The average molecular weight is 270 g/mol. The van der Waals surface area contributed by atoms with Gasteiger partial charge < -0.3 is 9.88 Å². The molecule has 0 aliphatic heterocycles. The Morgan fingerprint density at radius 3 is 2.70 bits per heavy atom. The normalized spacial score (nSPS) is 16.5. The second-order valence-electron chi connectivity index (χ2n) is 5.96. The van der Waals surface area contributed by atoms with Crippen molar-refractivity contribution in [3.63, 3.8) is 0 Å². The summed E-state index contributed by atoms with van der Waals surface area (Å²) in [6.07, 6.45) is 6.02. The van der Waals surface area contributed by atoms with E-state index in [0.717, 1.165) is 29.4 Å². The van der Waals surface area contributed by atoms with Crippen molar-refractivity contribution in [3.05, 3.63) is 35.5 Å². The highest BCUT2D eigenvalue weighted by molar-refractivity contribution is 5.99. The Kier molecular flexibility index (Phi) is 3.51. The lowest BCUT2D eigenvalue weighted by atomic mass is 9.95. The molecule has 106 valence electrons. The van der Waals surface area contributed by atoms with Gasteiger partial charge in [0.05, 0.1) is 0 Å². The maximum atomic E-state index is 12.5. The average Bonchev–Trinajstić information content (AvgIpc) is 2.76. The Labute approximate surface area is 120 Å². The molecule has 3 nitrogen and oxygen atoms in total. The van der Waals surface area contributed by atoms with E-state index in [1.54, 1.807) is 0 Å². The molecule has 1 heterocycles. The maximum Gasteiger partial charge on any atom is 0.268 e. The van der Waals surface area contributed by atoms with Crippen LogP contribution in [0.15, 0.2) is 24.3 Å². The van der Waals surface area contributed by atoms with Crippen molar-refractivity contribution in [2.45, 2.75) is 45.1 Å². The largest absolute Gasteiger partial charge is 0.348 e. The van der Waals surface area contributed by atoms with Crippen molar-refractivity contribution in [1.82, 2.24) is 9.88 Å². The molecule has 1 amide bonds. The molecule has 3 rings (SSSR count). The Morgan fingerprint density at radius 1 is 1.20 bits per heavy atom. The van der Waals surface area contributed by atoms with E-state index in [1.807, 2.05) is 17.7 Å². The van der Waals surface area contributed by atoms with E-state index in [1.165, 1.54) is 24.8 Å². The molecular formula is C17H22N2O. The minimum Gasteiger partial charge on any atom is -0.348 e. The number of hydrogen-bond acceptors (Lipinski definition) is 1. The Hall–Kier alpha value is -1.77. The van der Waals surface area contributed by atoms with Crippen LogP contribution in [0.1, 0.15) is 48.2 Å². The first-order valence-electron chi connectivity index (χ1n) is 7.52. The third kappa shape index (κ3) is 2.45. The third-order valence-corrected chi connectivity index (χ3v) is 4.37. The molecule has 1 aromatic heterocycles. The van der Waals surface area contributed by atoms with Gasteiger partial charge in [0.1, 0.15) is 5.69 Å². The van der Waals surface area contributed by atoms with Gasteiger partial charge in [0.25, 0.3) is 5.91 Å². The number of carbonyl (C=O) groups excluding carboxylic acids is 1. The van der Waals surface area contributed by atoms with Gasteiger partial charge in [-0.15, -0.1) is 0 Å². The number of fused-ring (bicyclic) bond motifs is 1. The number of nitrogens with zero attached hydrogens (tertiary/aromatic N) is 1. The molecule has 0 unspecified atom stereocenters. The second-order valence-corrected chi connectivity index (χ2v) is 5.96. The van der Waals surface area contributed by atoms with Gasteiger partial charge in [0, 0.05) is 24.0 Å². The smallest absolute Gasteiger partial charge is 0.268 e. The van der Waals surface area contributed by atoms with E-state index in [0.29, 0.717) is 6.04 Å². The first kappa shape index (κ1) is 13.2. The first-order chi connectivity index (χ1) is 9.65. The Morgan fingerprint density at radius 2 is 1.95 bits per heavy atom. The van der Waals surface area contributed by atoms with Gasteiger partial charge in [-0.1, -0.05) is 30.9 Å². The summed E-state index contributed by atoms with van der Waals surface area (Å²) in [4.78, 5) is 12.5. The van der Waals surface area contributed by atoms with Gasteiger partial charge in [-0.3, -0.25) is 4.79 Å². The predicted octanol–water partition coefficient (Wildman–Crippen LogP) is 3.55. The molecule has 1 aliphatic carbocycles. The van der Waals surface area contributed by atoms with Crippen molar-refractivity contribution in [2.24, 2.45) is 7.05 Å². The number of hydrogen-bond donors (Lipinski definition) is 1. The minimum atomic E-state index is 0.0632. The van der Waals surface area contributed by atoms with Crippen LogP contribution in [0.3, 0.4) is 0 Å². The van der Waals surface area contributed by atoms with Crippen molar-refractivity contribution in [3.8, 4) is 0 Å². The molecule has 0 atom stereocenters. The van der Waals surface area contributed by atoms with Crippen LogP contribution in [-0.2, 0) is 7.05 Å². The maximum absolute atomic E-state index is 12.5. The van der Waals surface area contributed by atoms with E-state index >= 15 is 0 Å². The molecule has 2 aromatic rings. The zero-order chi connectivity index (χ0) is 14.1.